The van der Waals surface area contributed by atoms with Crippen molar-refractivity contribution in [2.75, 3.05) is 6.61 Å². The Bertz CT molecular complexity index is 1130. The zero-order valence-electron chi connectivity index (χ0n) is 22.5. The highest BCUT2D eigenvalue weighted by molar-refractivity contribution is 6.08. The highest BCUT2D eigenvalue weighted by Gasteiger charge is 2.49. The van der Waals surface area contributed by atoms with E-state index in [4.69, 9.17) is 9.73 Å². The van der Waals surface area contributed by atoms with Crippen LogP contribution in [0.15, 0.2) is 53.5 Å². The van der Waals surface area contributed by atoms with Gasteiger partial charge in [0.15, 0.2) is 0 Å². The second-order valence-electron chi connectivity index (χ2n) is 11.1. The number of hydrogen-bond donors (Lipinski definition) is 1. The number of carbonyl (C=O) groups is 2. The molecule has 1 spiro atoms. The number of carboxylic acid groups (broad SMARTS) is 1. The van der Waals surface area contributed by atoms with Crippen LogP contribution >= 0.6 is 0 Å². The first-order chi connectivity index (χ1) is 17.8. The number of rotatable bonds is 12. The molecular formula is C31H40N2O4. The number of aliphatic imine (C=N–C) groups is 1. The molecule has 2 aliphatic rings. The fourth-order valence-corrected chi connectivity index (χ4v) is 5.30. The summed E-state index contributed by atoms with van der Waals surface area (Å²) in [5.74, 6) is 1.15. The normalized spacial score (nSPS) is 16.9. The number of amidine groups is 1. The smallest absolute Gasteiger partial charge is 0.309 e. The number of carbonyl (C=O) groups excluding carboxylic acids is 1. The van der Waals surface area contributed by atoms with E-state index in [2.05, 4.69) is 31.2 Å². The van der Waals surface area contributed by atoms with Crippen LogP contribution in [0, 0.1) is 5.41 Å². The van der Waals surface area contributed by atoms with Gasteiger partial charge in [-0.15, -0.1) is 0 Å². The molecule has 6 nitrogen and oxygen atoms in total. The Morgan fingerprint density at radius 3 is 2.46 bits per heavy atom. The molecular weight excluding hydrogens is 464 g/mol. The van der Waals surface area contributed by atoms with Crippen molar-refractivity contribution in [2.24, 2.45) is 10.4 Å². The minimum atomic E-state index is -0.786. The maximum atomic E-state index is 13.4. The van der Waals surface area contributed by atoms with Crippen LogP contribution in [0.1, 0.15) is 84.1 Å². The second-order valence-corrected chi connectivity index (χ2v) is 11.1. The molecule has 1 aliphatic heterocycles. The highest BCUT2D eigenvalue weighted by atomic mass is 16.5. The summed E-state index contributed by atoms with van der Waals surface area (Å²) in [4.78, 5) is 31.7. The van der Waals surface area contributed by atoms with Crippen molar-refractivity contribution in [1.29, 1.82) is 0 Å². The van der Waals surface area contributed by atoms with Crippen molar-refractivity contribution in [1.82, 2.24) is 4.90 Å². The summed E-state index contributed by atoms with van der Waals surface area (Å²) in [5.41, 5.74) is 1.88. The van der Waals surface area contributed by atoms with Gasteiger partial charge in [-0.05, 0) is 63.1 Å². The number of amides is 1. The van der Waals surface area contributed by atoms with Crippen LogP contribution < -0.4 is 4.74 Å². The van der Waals surface area contributed by atoms with Crippen molar-refractivity contribution in [3.8, 4) is 16.9 Å². The molecule has 0 aromatic heterocycles. The van der Waals surface area contributed by atoms with E-state index in [0.717, 1.165) is 73.2 Å². The van der Waals surface area contributed by atoms with E-state index in [0.29, 0.717) is 26.0 Å². The lowest BCUT2D eigenvalue weighted by Crippen LogP contribution is -2.40. The molecule has 0 bridgehead atoms. The number of benzene rings is 2. The molecule has 0 radical (unpaired) electrons. The van der Waals surface area contributed by atoms with Crippen molar-refractivity contribution in [3.63, 3.8) is 0 Å². The molecule has 1 N–H and O–H groups in total. The van der Waals surface area contributed by atoms with E-state index < -0.39 is 16.9 Å². The van der Waals surface area contributed by atoms with E-state index >= 15 is 0 Å². The molecule has 4 rings (SSSR count). The van der Waals surface area contributed by atoms with Crippen LogP contribution in [-0.4, -0.2) is 39.9 Å². The summed E-state index contributed by atoms with van der Waals surface area (Å²) in [7, 11) is 0. The third kappa shape index (κ3) is 6.06. The number of unbranched alkanes of at least 4 members (excludes halogenated alkanes) is 1. The van der Waals surface area contributed by atoms with Gasteiger partial charge in [0.05, 0.1) is 18.6 Å². The van der Waals surface area contributed by atoms with Gasteiger partial charge in [0, 0.05) is 12.0 Å². The van der Waals surface area contributed by atoms with Gasteiger partial charge in [0.2, 0.25) is 0 Å². The van der Waals surface area contributed by atoms with Gasteiger partial charge in [0.25, 0.3) is 5.91 Å². The number of hydrogen-bond acceptors (Lipinski definition) is 4. The Morgan fingerprint density at radius 1 is 1.08 bits per heavy atom. The standard InChI is InChI=1S/C31H40N2O4/c1-4-5-13-27-32-31(19-8-9-20-31)28(34)33(27)22-23-14-16-24(17-15-23)25-11-6-7-12-26(25)37-21-10-18-30(2,3)29(35)36/h6-7,11-12,14-17H,4-5,8-10,13,18-22H2,1-3H3,(H,35,36). The maximum Gasteiger partial charge on any atom is 0.309 e. The van der Waals surface area contributed by atoms with Crippen LogP contribution in [0.2, 0.25) is 0 Å². The van der Waals surface area contributed by atoms with Crippen LogP contribution in [0.3, 0.4) is 0 Å². The average molecular weight is 505 g/mol. The Morgan fingerprint density at radius 2 is 1.78 bits per heavy atom. The molecule has 1 fully saturated rings. The van der Waals surface area contributed by atoms with E-state index in [1.165, 1.54) is 0 Å². The van der Waals surface area contributed by atoms with Gasteiger partial charge in [-0.2, -0.15) is 0 Å². The minimum absolute atomic E-state index is 0.185. The molecule has 1 aliphatic carbocycles. The summed E-state index contributed by atoms with van der Waals surface area (Å²) in [6.45, 7) is 6.68. The molecule has 6 heteroatoms. The zero-order chi connectivity index (χ0) is 26.5. The summed E-state index contributed by atoms with van der Waals surface area (Å²) < 4.78 is 6.06. The largest absolute Gasteiger partial charge is 0.493 e. The Kier molecular flexibility index (Phi) is 8.35. The summed E-state index contributed by atoms with van der Waals surface area (Å²) in [6, 6.07) is 16.3. The molecule has 2 aromatic rings. The van der Waals surface area contributed by atoms with Crippen molar-refractivity contribution >= 4 is 17.7 Å². The maximum absolute atomic E-state index is 13.4. The topological polar surface area (TPSA) is 79.2 Å². The summed E-state index contributed by atoms with van der Waals surface area (Å²) in [5, 5.41) is 9.31. The fraction of sp³-hybridized carbons (Fsp3) is 0.516. The summed E-state index contributed by atoms with van der Waals surface area (Å²) in [6.07, 6.45) is 8.12. The van der Waals surface area contributed by atoms with Gasteiger partial charge in [0.1, 0.15) is 17.1 Å². The quantitative estimate of drug-likeness (QED) is 0.320. The summed E-state index contributed by atoms with van der Waals surface area (Å²) >= 11 is 0. The third-order valence-electron chi connectivity index (χ3n) is 7.76. The fourth-order valence-electron chi connectivity index (χ4n) is 5.30. The average Bonchev–Trinajstić information content (AvgIpc) is 3.47. The van der Waals surface area contributed by atoms with Crippen LogP contribution in [0.25, 0.3) is 11.1 Å². The lowest BCUT2D eigenvalue weighted by molar-refractivity contribution is -0.147. The number of ether oxygens (including phenoxy) is 1. The van der Waals surface area contributed by atoms with Gasteiger partial charge in [-0.3, -0.25) is 19.5 Å². The molecule has 198 valence electrons. The van der Waals surface area contributed by atoms with Crippen LogP contribution in [0.4, 0.5) is 0 Å². The number of para-hydroxylation sites is 1. The van der Waals surface area contributed by atoms with Gasteiger partial charge < -0.3 is 9.84 Å². The van der Waals surface area contributed by atoms with Crippen LogP contribution in [-0.2, 0) is 16.1 Å². The van der Waals surface area contributed by atoms with E-state index in [1.54, 1.807) is 13.8 Å². The molecule has 1 saturated carbocycles. The second kappa shape index (κ2) is 11.5. The van der Waals surface area contributed by atoms with Crippen molar-refractivity contribution in [3.05, 3.63) is 54.1 Å². The minimum Gasteiger partial charge on any atom is -0.493 e. The van der Waals surface area contributed by atoms with Crippen molar-refractivity contribution < 1.29 is 19.4 Å². The molecule has 1 heterocycles. The monoisotopic (exact) mass is 504 g/mol. The first kappa shape index (κ1) is 26.9. The molecule has 37 heavy (non-hydrogen) atoms. The van der Waals surface area contributed by atoms with Crippen LogP contribution in [0.5, 0.6) is 5.75 Å². The predicted molar refractivity (Wildman–Crippen MR) is 147 cm³/mol. The number of nitrogens with zero attached hydrogens (tertiary/aromatic N) is 2. The predicted octanol–water partition coefficient (Wildman–Crippen LogP) is 6.87. The third-order valence-corrected chi connectivity index (χ3v) is 7.76. The number of carboxylic acids is 1. The van der Waals surface area contributed by atoms with E-state index in [1.807, 2.05) is 29.2 Å². The molecule has 2 aromatic carbocycles. The molecule has 0 unspecified atom stereocenters. The lowest BCUT2D eigenvalue weighted by atomic mass is 9.88. The van der Waals surface area contributed by atoms with E-state index in [-0.39, 0.29) is 5.91 Å². The van der Waals surface area contributed by atoms with Gasteiger partial charge in [-0.25, -0.2) is 0 Å². The molecule has 0 saturated heterocycles. The molecule has 0 atom stereocenters. The Labute approximate surface area is 220 Å². The zero-order valence-corrected chi connectivity index (χ0v) is 22.5. The first-order valence-electron chi connectivity index (χ1n) is 13.7. The highest BCUT2D eigenvalue weighted by Crippen LogP contribution is 2.40. The van der Waals surface area contributed by atoms with Gasteiger partial charge in [-0.1, -0.05) is 68.7 Å². The SMILES string of the molecule is CCCCC1=NC2(CCCC2)C(=O)N1Cc1ccc(-c2ccccc2OCCCC(C)(C)C(=O)O)cc1. The van der Waals surface area contributed by atoms with E-state index in [9.17, 15) is 14.7 Å². The first-order valence-corrected chi connectivity index (χ1v) is 13.7. The van der Waals surface area contributed by atoms with Gasteiger partial charge >= 0.3 is 5.97 Å². The Balaban J connectivity index is 1.43. The Hall–Kier alpha value is -3.15. The lowest BCUT2D eigenvalue weighted by Gasteiger charge is -2.23. The number of aliphatic carboxylic acids is 1. The molecule has 1 amide bonds. The van der Waals surface area contributed by atoms with Crippen molar-refractivity contribution in [2.45, 2.75) is 90.6 Å².